The Hall–Kier alpha value is -2.78. The first-order valence-electron chi connectivity index (χ1n) is 8.46. The average molecular weight is 388 g/mol. The number of nitrogens with zero attached hydrogens (tertiary/aromatic N) is 2. The van der Waals surface area contributed by atoms with E-state index in [2.05, 4.69) is 15.3 Å². The molecule has 1 aliphatic heterocycles. The molecule has 2 aromatic heterocycles. The van der Waals surface area contributed by atoms with Crippen LogP contribution in [0, 0.1) is 5.82 Å². The molecule has 1 atom stereocenters. The van der Waals surface area contributed by atoms with Gasteiger partial charge < -0.3 is 20.9 Å². The highest BCUT2D eigenvalue weighted by molar-refractivity contribution is 7.20. The molecule has 9 heteroatoms. The normalized spacial score (nSPS) is 16.7. The lowest BCUT2D eigenvalue weighted by Crippen LogP contribution is -2.15. The number of nitrogens with one attached hydrogen (secondary N) is 1. The molecule has 0 spiro atoms. The van der Waals surface area contributed by atoms with E-state index in [4.69, 9.17) is 10.5 Å². The number of fused-ring (bicyclic) bond motifs is 1. The summed E-state index contributed by atoms with van der Waals surface area (Å²) in [5.41, 5.74) is 6.61. The number of carbonyl (C=O) groups is 1. The van der Waals surface area contributed by atoms with Gasteiger partial charge in [-0.15, -0.1) is 11.3 Å². The molecule has 4 rings (SSSR count). The molecular formula is C18H17FN4O3S. The molecule has 7 nitrogen and oxygen atoms in total. The number of carbonyl (C=O) groups excluding carboxylic acids is 1. The third-order valence-corrected chi connectivity index (χ3v) is 5.63. The summed E-state index contributed by atoms with van der Waals surface area (Å²) in [7, 11) is 0. The van der Waals surface area contributed by atoms with E-state index < -0.39 is 11.7 Å². The molecule has 1 saturated heterocycles. The Bertz CT molecular complexity index is 1020. The van der Waals surface area contributed by atoms with E-state index in [1.54, 1.807) is 0 Å². The first kappa shape index (κ1) is 17.6. The summed E-state index contributed by atoms with van der Waals surface area (Å²) in [5.74, 6) is -0.899. The monoisotopic (exact) mass is 388 g/mol. The third-order valence-electron chi connectivity index (χ3n) is 4.48. The van der Waals surface area contributed by atoms with Gasteiger partial charge in [0.15, 0.2) is 0 Å². The Morgan fingerprint density at radius 3 is 3.00 bits per heavy atom. The number of amides is 1. The lowest BCUT2D eigenvalue weighted by Gasteiger charge is -2.12. The van der Waals surface area contributed by atoms with Gasteiger partial charge in [-0.2, -0.15) is 0 Å². The number of thiophene rings is 1. The van der Waals surface area contributed by atoms with E-state index in [9.17, 15) is 14.3 Å². The second kappa shape index (κ2) is 7.09. The summed E-state index contributed by atoms with van der Waals surface area (Å²) in [6.45, 7) is 0.698. The van der Waals surface area contributed by atoms with E-state index in [0.717, 1.165) is 24.5 Å². The van der Waals surface area contributed by atoms with Crippen molar-refractivity contribution < 1.29 is 19.0 Å². The first-order chi connectivity index (χ1) is 13.0. The Kier molecular flexibility index (Phi) is 4.63. The van der Waals surface area contributed by atoms with Crippen molar-refractivity contribution in [2.45, 2.75) is 25.4 Å². The first-order valence-corrected chi connectivity index (χ1v) is 9.28. The Labute approximate surface area is 158 Å². The van der Waals surface area contributed by atoms with Gasteiger partial charge in [-0.05, 0) is 30.5 Å². The topological polar surface area (TPSA) is 110 Å². The van der Waals surface area contributed by atoms with E-state index in [0.29, 0.717) is 39.6 Å². The van der Waals surface area contributed by atoms with Crippen molar-refractivity contribution in [3.8, 4) is 5.75 Å². The summed E-state index contributed by atoms with van der Waals surface area (Å²) < 4.78 is 19.0. The lowest BCUT2D eigenvalue weighted by molar-refractivity contribution is 0.0998. The highest BCUT2D eigenvalue weighted by Crippen LogP contribution is 2.38. The molecule has 0 aliphatic carbocycles. The van der Waals surface area contributed by atoms with Crippen molar-refractivity contribution in [2.75, 3.05) is 11.9 Å². The number of phenols is 1. The lowest BCUT2D eigenvalue weighted by atomic mass is 10.0. The molecule has 140 valence electrons. The average Bonchev–Trinajstić information content (AvgIpc) is 3.26. The van der Waals surface area contributed by atoms with E-state index >= 15 is 0 Å². The number of benzene rings is 1. The van der Waals surface area contributed by atoms with Gasteiger partial charge in [0, 0.05) is 19.1 Å². The van der Waals surface area contributed by atoms with Gasteiger partial charge in [0.1, 0.15) is 28.5 Å². The van der Waals surface area contributed by atoms with Crippen LogP contribution in [0.4, 0.5) is 15.9 Å². The largest absolute Gasteiger partial charge is 0.506 e. The molecule has 27 heavy (non-hydrogen) atoms. The van der Waals surface area contributed by atoms with Gasteiger partial charge in [-0.3, -0.25) is 4.79 Å². The molecule has 1 aromatic carbocycles. The predicted molar refractivity (Wildman–Crippen MR) is 100.0 cm³/mol. The number of aromatic hydroxyl groups is 1. The quantitative estimate of drug-likeness (QED) is 0.579. The van der Waals surface area contributed by atoms with Crippen LogP contribution >= 0.6 is 11.3 Å². The Morgan fingerprint density at radius 1 is 1.44 bits per heavy atom. The predicted octanol–water partition coefficient (Wildman–Crippen LogP) is 3.10. The highest BCUT2D eigenvalue weighted by Gasteiger charge is 2.25. The van der Waals surface area contributed by atoms with Crippen LogP contribution in [0.15, 0.2) is 24.5 Å². The van der Waals surface area contributed by atoms with Crippen LogP contribution in [0.1, 0.15) is 28.1 Å². The highest BCUT2D eigenvalue weighted by atomic mass is 32.1. The van der Waals surface area contributed by atoms with E-state index in [1.807, 2.05) is 0 Å². The molecule has 1 aliphatic rings. The van der Waals surface area contributed by atoms with Crippen molar-refractivity contribution >= 4 is 39.0 Å². The summed E-state index contributed by atoms with van der Waals surface area (Å²) in [4.78, 5) is 21.5. The molecule has 1 unspecified atom stereocenters. The Morgan fingerprint density at radius 2 is 2.30 bits per heavy atom. The molecule has 0 radical (unpaired) electrons. The maximum Gasteiger partial charge on any atom is 0.259 e. The number of rotatable bonds is 5. The van der Waals surface area contributed by atoms with Crippen molar-refractivity contribution in [1.29, 1.82) is 0 Å². The molecule has 1 fully saturated rings. The second-order valence-corrected chi connectivity index (χ2v) is 7.30. The number of nitrogens with two attached hydrogens (primary N) is 1. The van der Waals surface area contributed by atoms with Crippen LogP contribution in [0.25, 0.3) is 10.2 Å². The van der Waals surface area contributed by atoms with E-state index in [1.165, 1.54) is 29.8 Å². The minimum Gasteiger partial charge on any atom is -0.506 e. The zero-order valence-electron chi connectivity index (χ0n) is 14.2. The van der Waals surface area contributed by atoms with Gasteiger partial charge in [-0.25, -0.2) is 14.4 Å². The molecular weight excluding hydrogens is 371 g/mol. The summed E-state index contributed by atoms with van der Waals surface area (Å²) in [6, 6.07) is 3.66. The number of hydrogen-bond acceptors (Lipinski definition) is 7. The molecule has 1 amide bonds. The number of primary amides is 1. The minimum atomic E-state index is -0.545. The van der Waals surface area contributed by atoms with Crippen LogP contribution in [0.5, 0.6) is 5.75 Å². The second-order valence-electron chi connectivity index (χ2n) is 6.30. The van der Waals surface area contributed by atoms with Crippen molar-refractivity contribution in [3.05, 3.63) is 40.8 Å². The summed E-state index contributed by atoms with van der Waals surface area (Å²) in [6.07, 6.45) is 3.78. The van der Waals surface area contributed by atoms with Gasteiger partial charge in [0.05, 0.1) is 22.1 Å². The molecule has 4 N–H and O–H groups in total. The number of ether oxygens (including phenoxy) is 1. The number of halogens is 1. The van der Waals surface area contributed by atoms with Gasteiger partial charge in [0.2, 0.25) is 0 Å². The molecule has 0 saturated carbocycles. The fourth-order valence-corrected chi connectivity index (χ4v) is 4.27. The molecule has 3 aromatic rings. The van der Waals surface area contributed by atoms with E-state index in [-0.39, 0.29) is 11.9 Å². The molecule has 3 heterocycles. The van der Waals surface area contributed by atoms with Crippen molar-refractivity contribution in [1.82, 2.24) is 9.97 Å². The maximum absolute atomic E-state index is 13.2. The van der Waals surface area contributed by atoms with Crippen molar-refractivity contribution in [3.63, 3.8) is 0 Å². The number of aromatic nitrogens is 2. The number of phenolic OH excluding ortho intramolecular Hbond substituents is 1. The standard InChI is InChI=1S/C18H17FN4O3S/c19-9-3-4-12(13(24)6-9)23-17-14-11(7-10-2-1-5-26-10)15(16(20)25)27-18(14)22-8-21-17/h3-4,6,8,10,24H,1-2,5,7H2,(H2,20,25)(H,21,22,23). The Balaban J connectivity index is 1.81. The summed E-state index contributed by atoms with van der Waals surface area (Å²) in [5, 5.41) is 13.6. The molecule has 0 bridgehead atoms. The van der Waals surface area contributed by atoms with Crippen LogP contribution in [-0.4, -0.2) is 33.7 Å². The van der Waals surface area contributed by atoms with Crippen LogP contribution in [0.2, 0.25) is 0 Å². The SMILES string of the molecule is NC(=O)c1sc2ncnc(Nc3ccc(F)cc3O)c2c1CC1CCCO1. The van der Waals surface area contributed by atoms with Gasteiger partial charge in [-0.1, -0.05) is 0 Å². The number of hydrogen-bond donors (Lipinski definition) is 3. The van der Waals surface area contributed by atoms with Crippen LogP contribution < -0.4 is 11.1 Å². The van der Waals surface area contributed by atoms with Crippen LogP contribution in [0.3, 0.4) is 0 Å². The fourth-order valence-electron chi connectivity index (χ4n) is 3.25. The van der Waals surface area contributed by atoms with Gasteiger partial charge >= 0.3 is 0 Å². The smallest absolute Gasteiger partial charge is 0.259 e. The minimum absolute atomic E-state index is 0.00757. The zero-order chi connectivity index (χ0) is 19.0. The zero-order valence-corrected chi connectivity index (χ0v) is 15.1. The van der Waals surface area contributed by atoms with Crippen molar-refractivity contribution in [2.24, 2.45) is 5.73 Å². The van der Waals surface area contributed by atoms with Crippen LogP contribution in [-0.2, 0) is 11.2 Å². The number of anilines is 2. The van der Waals surface area contributed by atoms with Gasteiger partial charge in [0.25, 0.3) is 5.91 Å². The fraction of sp³-hybridized carbons (Fsp3) is 0.278. The maximum atomic E-state index is 13.2. The summed E-state index contributed by atoms with van der Waals surface area (Å²) >= 11 is 1.20. The third kappa shape index (κ3) is 3.43.